The van der Waals surface area contributed by atoms with E-state index in [0.717, 1.165) is 87.3 Å². The van der Waals surface area contributed by atoms with Crippen LogP contribution >= 0.6 is 0 Å². The van der Waals surface area contributed by atoms with Gasteiger partial charge in [0, 0.05) is 39.2 Å². The third-order valence-corrected chi connectivity index (χ3v) is 18.1. The Bertz CT molecular complexity index is 2390. The number of unbranched alkanes of at least 4 members (excludes halogenated alkanes) is 4. The van der Waals surface area contributed by atoms with E-state index in [-0.39, 0.29) is 49.3 Å². The molecule has 4 saturated heterocycles. The van der Waals surface area contributed by atoms with Gasteiger partial charge in [0.2, 0.25) is 11.8 Å². The van der Waals surface area contributed by atoms with Crippen molar-refractivity contribution in [1.29, 1.82) is 0 Å². The Balaban J connectivity index is 1.07. The maximum atomic E-state index is 16.2. The number of esters is 2. The van der Waals surface area contributed by atoms with Gasteiger partial charge in [-0.25, -0.2) is 0 Å². The summed E-state index contributed by atoms with van der Waals surface area (Å²) in [5, 5.41) is 15.2. The van der Waals surface area contributed by atoms with Gasteiger partial charge in [0.05, 0.1) is 30.9 Å². The normalized spacial score (nSPS) is 32.5. The highest BCUT2D eigenvalue weighted by Gasteiger charge is 2.77. The van der Waals surface area contributed by atoms with E-state index in [1.165, 1.54) is 10.5 Å². The topological polar surface area (TPSA) is 166 Å². The van der Waals surface area contributed by atoms with Gasteiger partial charge in [-0.15, -0.1) is 0 Å². The van der Waals surface area contributed by atoms with Gasteiger partial charge in [-0.2, -0.15) is 5.06 Å². The number of fused-ring (bicyclic) bond motifs is 6. The molecule has 3 saturated carbocycles. The molecule has 3 unspecified atom stereocenters. The summed E-state index contributed by atoms with van der Waals surface area (Å²) in [5.41, 5.74) is 2.23. The number of ether oxygens (including phenoxy) is 5. The van der Waals surface area contributed by atoms with Crippen LogP contribution in [0.5, 0.6) is 0 Å². The molecule has 14 heteroatoms. The Morgan fingerprint density at radius 1 is 0.920 bits per heavy atom. The highest BCUT2D eigenvalue weighted by molar-refractivity contribution is 5.96. The van der Waals surface area contributed by atoms with Crippen LogP contribution in [0.4, 0.5) is 0 Å². The summed E-state index contributed by atoms with van der Waals surface area (Å²) in [7, 11) is 1.62. The molecular formula is C61H87N3O11. The van der Waals surface area contributed by atoms with E-state index in [1.54, 1.807) is 32.9 Å². The molecule has 2 N–H and O–H groups in total. The second kappa shape index (κ2) is 22.3. The quantitative estimate of drug-likeness (QED) is 0.0692. The number of aliphatic hydroxyl groups is 1. The second-order valence-electron chi connectivity index (χ2n) is 25.2. The minimum Gasteiger partial charge on any atom is -0.460 e. The van der Waals surface area contributed by atoms with Crippen LogP contribution in [0.3, 0.4) is 0 Å². The fourth-order valence-electron chi connectivity index (χ4n) is 14.0. The third kappa shape index (κ3) is 11.5. The summed E-state index contributed by atoms with van der Waals surface area (Å²) < 4.78 is 32.7. The predicted molar refractivity (Wildman–Crippen MR) is 284 cm³/mol. The molecule has 412 valence electrons. The lowest BCUT2D eigenvalue weighted by Gasteiger charge is -2.53. The van der Waals surface area contributed by atoms with Gasteiger partial charge in [0.25, 0.3) is 0 Å². The van der Waals surface area contributed by atoms with Crippen molar-refractivity contribution in [3.8, 4) is 0 Å². The summed E-state index contributed by atoms with van der Waals surface area (Å²) in [6.45, 7) is 16.5. The van der Waals surface area contributed by atoms with E-state index in [0.29, 0.717) is 24.7 Å². The lowest BCUT2D eigenvalue weighted by molar-refractivity contribution is -0.225. The van der Waals surface area contributed by atoms with Gasteiger partial charge in [0.15, 0.2) is 11.8 Å². The van der Waals surface area contributed by atoms with Gasteiger partial charge in [0.1, 0.15) is 41.5 Å². The van der Waals surface area contributed by atoms with E-state index in [9.17, 15) is 14.7 Å². The molecule has 2 aromatic rings. The molecule has 0 spiro atoms. The molecule has 2 amide bonds. The third-order valence-electron chi connectivity index (χ3n) is 18.1. The molecule has 7 fully saturated rings. The number of epoxide rings is 1. The number of rotatable bonds is 21. The van der Waals surface area contributed by atoms with Crippen molar-refractivity contribution < 1.29 is 52.8 Å². The summed E-state index contributed by atoms with van der Waals surface area (Å²) in [4.78, 5) is 67.6. The fourth-order valence-corrected chi connectivity index (χ4v) is 14.0. The Morgan fingerprint density at radius 2 is 1.61 bits per heavy atom. The average molecular weight is 1040 g/mol. The molecule has 14 nitrogen and oxygen atoms in total. The maximum Gasteiger partial charge on any atom is 0.327 e. The number of amides is 2. The van der Waals surface area contributed by atoms with E-state index in [4.69, 9.17) is 28.5 Å². The van der Waals surface area contributed by atoms with Crippen molar-refractivity contribution in [3.63, 3.8) is 0 Å². The van der Waals surface area contributed by atoms with E-state index >= 15 is 9.59 Å². The molecule has 12 atom stereocenters. The Hall–Kier alpha value is -4.18. The predicted octanol–water partition coefficient (Wildman–Crippen LogP) is 9.57. The monoisotopic (exact) mass is 1040 g/mol. The minimum absolute atomic E-state index is 0.0263. The van der Waals surface area contributed by atoms with Gasteiger partial charge in [-0.3, -0.25) is 24.0 Å². The van der Waals surface area contributed by atoms with Crippen LogP contribution in [0.2, 0.25) is 0 Å². The number of benzene rings is 2. The number of likely N-dealkylation sites (N-methyl/N-ethyl adjacent to an activating group) is 1. The summed E-state index contributed by atoms with van der Waals surface area (Å²) in [5.74, 6) is -1.86. The van der Waals surface area contributed by atoms with E-state index < -0.39 is 89.7 Å². The second-order valence-corrected chi connectivity index (χ2v) is 25.2. The van der Waals surface area contributed by atoms with Crippen LogP contribution in [0.15, 0.2) is 60.2 Å². The summed E-state index contributed by atoms with van der Waals surface area (Å²) in [6, 6.07) is 14.7. The zero-order valence-corrected chi connectivity index (χ0v) is 46.4. The molecule has 4 aliphatic heterocycles. The highest BCUT2D eigenvalue weighted by atomic mass is 16.8. The van der Waals surface area contributed by atoms with Crippen LogP contribution in [0.1, 0.15) is 175 Å². The molecule has 2 bridgehead atoms. The van der Waals surface area contributed by atoms with Crippen molar-refractivity contribution in [2.24, 2.45) is 22.7 Å². The number of nitrogens with zero attached hydrogens (tertiary/aromatic N) is 2. The Morgan fingerprint density at radius 3 is 2.29 bits per heavy atom. The minimum atomic E-state index is -1.54. The first-order valence-electron chi connectivity index (χ1n) is 28.6. The molecular weight excluding hydrogens is 951 g/mol. The zero-order chi connectivity index (χ0) is 53.5. The van der Waals surface area contributed by atoms with Crippen molar-refractivity contribution in [3.05, 3.63) is 76.9 Å². The number of hydrogen-bond donors (Lipinski definition) is 2. The molecule has 75 heavy (non-hydrogen) atoms. The number of allylic oxidation sites excluding steroid dienone is 1. The number of carbonyl (C=O) groups excluding carboxylic acids is 4. The van der Waals surface area contributed by atoms with Gasteiger partial charge >= 0.3 is 11.9 Å². The molecule has 0 radical (unpaired) electrons. The van der Waals surface area contributed by atoms with Crippen LogP contribution < -0.4 is 5.32 Å². The highest BCUT2D eigenvalue weighted by Crippen LogP contribution is 2.61. The molecule has 0 aromatic heterocycles. The smallest absolute Gasteiger partial charge is 0.327 e. The lowest BCUT2D eigenvalue weighted by atomic mass is 9.52. The van der Waals surface area contributed by atoms with Crippen molar-refractivity contribution >= 4 is 29.8 Å². The van der Waals surface area contributed by atoms with Gasteiger partial charge in [-0.05, 0) is 113 Å². The molecule has 2 aromatic carbocycles. The first kappa shape index (κ1) is 55.6. The van der Waals surface area contributed by atoms with Crippen LogP contribution in [0.25, 0.3) is 6.08 Å². The number of hydrogen-bond acceptors (Lipinski definition) is 12. The zero-order valence-electron chi connectivity index (χ0n) is 46.4. The Labute approximate surface area is 446 Å². The van der Waals surface area contributed by atoms with Crippen molar-refractivity contribution in [1.82, 2.24) is 15.3 Å². The molecule has 4 heterocycles. The SMILES string of the molecule is CCCCCC1(CCCCC)O[C@@H]2[C@H]3ON(Cc4ccccc4C=C4CCC5O[C@]5(C)CC[C@@H]5[C@@H]4CC5(C)C)[C@H]4C(=O)OC(CC34C(=O)N(C)[C@H](Cc3ccccc3)C(=O)N[C@H](CO)CCC(=O)OC(C)(C)C)[C@@H]2O1. The van der Waals surface area contributed by atoms with Gasteiger partial charge in [-0.1, -0.05) is 120 Å². The number of hydroxylamine groups is 2. The standard InChI is InChI=1S/C61H87N3O11/c1-10-12-19-30-60(31-20-13-11-2)73-50-47-36-61(56(69)63(9)46(33-39-21-15-14-16-22-39)54(67)62-43(38-65)26-28-49(66)72-57(3,4)5)52(55(68)70-47)64(75-53(61)51(50)74-60)37-42-24-18-17-23-40(42)34-41-25-27-48-59(8,71-48)32-29-45-44(41)35-58(45,6)7/h14-18,21-24,34,43-48,50-53,65H,10-13,19-20,25-33,35-38H2,1-9H3,(H,62,67)/t43-,44+,45+,46+,47?,48?,50-,51-,52-,53+,59+,61?/m0/s1. The fraction of sp³-hybridized carbons (Fsp3) is 0.705. The van der Waals surface area contributed by atoms with Crippen LogP contribution in [0, 0.1) is 22.7 Å². The van der Waals surface area contributed by atoms with Crippen LogP contribution in [-0.2, 0) is 60.7 Å². The van der Waals surface area contributed by atoms with Crippen molar-refractivity contribution in [2.75, 3.05) is 13.7 Å². The number of carbonyl (C=O) groups is 4. The average Bonchev–Trinajstić information content (AvgIpc) is 3.66. The summed E-state index contributed by atoms with van der Waals surface area (Å²) in [6.07, 6.45) is 12.2. The first-order valence-corrected chi connectivity index (χ1v) is 28.6. The lowest BCUT2D eigenvalue weighted by Crippen LogP contribution is -2.70. The molecule has 9 rings (SSSR count). The Kier molecular flexibility index (Phi) is 16.5. The summed E-state index contributed by atoms with van der Waals surface area (Å²) >= 11 is 0. The van der Waals surface area contributed by atoms with Crippen molar-refractivity contribution in [2.45, 2.75) is 237 Å². The van der Waals surface area contributed by atoms with E-state index in [2.05, 4.69) is 64.2 Å². The van der Waals surface area contributed by atoms with Crippen LogP contribution in [-0.4, -0.2) is 118 Å². The largest absolute Gasteiger partial charge is 0.460 e. The first-order chi connectivity index (χ1) is 35.7. The number of aliphatic hydroxyl groups excluding tert-OH is 1. The van der Waals surface area contributed by atoms with E-state index in [1.807, 2.05) is 36.4 Å². The number of nitrogens with one attached hydrogen (secondary N) is 1. The maximum absolute atomic E-state index is 16.2. The molecule has 7 aliphatic rings. The molecule has 3 aliphatic carbocycles. The van der Waals surface area contributed by atoms with Gasteiger partial charge < -0.3 is 39.0 Å².